The molecular formula is C21H16FN3OS. The van der Waals surface area contributed by atoms with Crippen molar-refractivity contribution >= 4 is 28.5 Å². The summed E-state index contributed by atoms with van der Waals surface area (Å²) in [6, 6.07) is 15.7. The summed E-state index contributed by atoms with van der Waals surface area (Å²) in [5, 5.41) is 12.3. The number of hydrogen-bond acceptors (Lipinski definition) is 4. The number of aryl methyl sites for hydroxylation is 1. The van der Waals surface area contributed by atoms with Crippen LogP contribution in [0.15, 0.2) is 60.3 Å². The van der Waals surface area contributed by atoms with Crippen LogP contribution in [0.2, 0.25) is 0 Å². The second kappa shape index (κ2) is 8.39. The van der Waals surface area contributed by atoms with Crippen molar-refractivity contribution in [2.75, 3.05) is 5.32 Å². The highest BCUT2D eigenvalue weighted by molar-refractivity contribution is 7.15. The van der Waals surface area contributed by atoms with E-state index >= 15 is 0 Å². The van der Waals surface area contributed by atoms with Gasteiger partial charge in [-0.25, -0.2) is 9.37 Å². The number of nitriles is 1. The number of benzene rings is 2. The van der Waals surface area contributed by atoms with Crippen LogP contribution in [0.1, 0.15) is 21.6 Å². The Balaban J connectivity index is 1.68. The van der Waals surface area contributed by atoms with E-state index in [4.69, 9.17) is 0 Å². The van der Waals surface area contributed by atoms with Crippen molar-refractivity contribution in [3.05, 3.63) is 87.7 Å². The van der Waals surface area contributed by atoms with Gasteiger partial charge in [-0.15, -0.1) is 11.3 Å². The zero-order valence-electron chi connectivity index (χ0n) is 14.6. The molecule has 4 nitrogen and oxygen atoms in total. The number of anilines is 1. The lowest BCUT2D eigenvalue weighted by Crippen LogP contribution is -2.13. The highest BCUT2D eigenvalue weighted by Crippen LogP contribution is 2.22. The van der Waals surface area contributed by atoms with Gasteiger partial charge >= 0.3 is 0 Å². The van der Waals surface area contributed by atoms with Gasteiger partial charge in [0, 0.05) is 17.5 Å². The molecule has 2 aromatic carbocycles. The Hall–Kier alpha value is -3.30. The minimum Gasteiger partial charge on any atom is -0.297 e. The van der Waals surface area contributed by atoms with Crippen LogP contribution < -0.4 is 5.32 Å². The molecule has 134 valence electrons. The maximum Gasteiger partial charge on any atom is 0.268 e. The van der Waals surface area contributed by atoms with Crippen molar-refractivity contribution in [3.8, 4) is 6.07 Å². The van der Waals surface area contributed by atoms with Gasteiger partial charge in [0.15, 0.2) is 5.13 Å². The van der Waals surface area contributed by atoms with Crippen molar-refractivity contribution < 1.29 is 9.18 Å². The van der Waals surface area contributed by atoms with Gasteiger partial charge in [-0.05, 0) is 36.3 Å². The van der Waals surface area contributed by atoms with Gasteiger partial charge in [0.1, 0.15) is 17.5 Å². The minimum absolute atomic E-state index is 0.0723. The summed E-state index contributed by atoms with van der Waals surface area (Å²) in [7, 11) is 0. The van der Waals surface area contributed by atoms with Gasteiger partial charge in [0.2, 0.25) is 0 Å². The Morgan fingerprint density at radius 2 is 1.93 bits per heavy atom. The molecule has 0 aliphatic heterocycles. The molecule has 0 unspecified atom stereocenters. The van der Waals surface area contributed by atoms with Crippen LogP contribution in [0.5, 0.6) is 0 Å². The molecule has 1 heterocycles. The number of halogens is 1. The van der Waals surface area contributed by atoms with Crippen LogP contribution in [0.25, 0.3) is 6.08 Å². The molecule has 0 atom stereocenters. The molecule has 27 heavy (non-hydrogen) atoms. The van der Waals surface area contributed by atoms with E-state index < -0.39 is 5.91 Å². The smallest absolute Gasteiger partial charge is 0.268 e. The standard InChI is InChI=1S/C21H16FN3OS/c1-14-2-4-16(5-3-14)11-19-13-24-21(27-19)25-20(26)17(12-23)10-15-6-8-18(22)9-7-15/h2-10,13H,11H2,1H3,(H,24,25,26). The topological polar surface area (TPSA) is 65.8 Å². The summed E-state index contributed by atoms with van der Waals surface area (Å²) in [6.07, 6.45) is 3.86. The Bertz CT molecular complexity index is 1010. The van der Waals surface area contributed by atoms with Crippen LogP contribution in [-0.4, -0.2) is 10.9 Å². The fraction of sp³-hybridized carbons (Fsp3) is 0.0952. The number of thiazole rings is 1. The Kier molecular flexibility index (Phi) is 5.74. The quantitative estimate of drug-likeness (QED) is 0.516. The minimum atomic E-state index is -0.543. The van der Waals surface area contributed by atoms with Crippen molar-refractivity contribution in [2.24, 2.45) is 0 Å². The lowest BCUT2D eigenvalue weighted by molar-refractivity contribution is -0.112. The SMILES string of the molecule is Cc1ccc(Cc2cnc(NC(=O)C(C#N)=Cc3ccc(F)cc3)s2)cc1. The van der Waals surface area contributed by atoms with Crippen LogP contribution in [-0.2, 0) is 11.2 Å². The Morgan fingerprint density at radius 1 is 1.22 bits per heavy atom. The normalized spacial score (nSPS) is 11.1. The molecule has 3 aromatic rings. The van der Waals surface area contributed by atoms with E-state index in [0.29, 0.717) is 10.7 Å². The number of rotatable bonds is 5. The van der Waals surface area contributed by atoms with E-state index in [-0.39, 0.29) is 11.4 Å². The largest absolute Gasteiger partial charge is 0.297 e. The van der Waals surface area contributed by atoms with E-state index in [9.17, 15) is 14.4 Å². The molecule has 1 aromatic heterocycles. The first kappa shape index (κ1) is 18.5. The first-order valence-corrected chi connectivity index (χ1v) is 9.04. The van der Waals surface area contributed by atoms with Crippen molar-refractivity contribution in [1.82, 2.24) is 4.98 Å². The van der Waals surface area contributed by atoms with Gasteiger partial charge < -0.3 is 0 Å². The third-order valence-corrected chi connectivity index (χ3v) is 4.73. The molecule has 3 rings (SSSR count). The van der Waals surface area contributed by atoms with Crippen molar-refractivity contribution in [3.63, 3.8) is 0 Å². The number of nitrogens with one attached hydrogen (secondary N) is 1. The molecule has 0 aliphatic rings. The number of carbonyl (C=O) groups is 1. The van der Waals surface area contributed by atoms with E-state index in [0.717, 1.165) is 16.9 Å². The lowest BCUT2D eigenvalue weighted by Gasteiger charge is -2.01. The monoisotopic (exact) mass is 377 g/mol. The molecule has 0 spiro atoms. The highest BCUT2D eigenvalue weighted by atomic mass is 32.1. The van der Waals surface area contributed by atoms with Crippen LogP contribution >= 0.6 is 11.3 Å². The maximum atomic E-state index is 13.0. The van der Waals surface area contributed by atoms with Crippen LogP contribution in [0.3, 0.4) is 0 Å². The number of hydrogen-bond donors (Lipinski definition) is 1. The number of nitrogens with zero attached hydrogens (tertiary/aromatic N) is 2. The second-order valence-electron chi connectivity index (χ2n) is 5.97. The molecule has 0 bridgehead atoms. The summed E-state index contributed by atoms with van der Waals surface area (Å²) >= 11 is 1.37. The summed E-state index contributed by atoms with van der Waals surface area (Å²) < 4.78 is 13.0. The second-order valence-corrected chi connectivity index (χ2v) is 7.08. The molecule has 0 saturated heterocycles. The first-order chi connectivity index (χ1) is 13.0. The van der Waals surface area contributed by atoms with E-state index in [1.807, 2.05) is 13.0 Å². The predicted octanol–water partition coefficient (Wildman–Crippen LogP) is 4.73. The van der Waals surface area contributed by atoms with Crippen molar-refractivity contribution in [2.45, 2.75) is 13.3 Å². The summed E-state index contributed by atoms with van der Waals surface area (Å²) in [5.41, 5.74) is 2.86. The average Bonchev–Trinajstić information content (AvgIpc) is 3.10. The summed E-state index contributed by atoms with van der Waals surface area (Å²) in [5.74, 6) is -0.919. The molecule has 0 radical (unpaired) electrons. The van der Waals surface area contributed by atoms with Crippen LogP contribution in [0.4, 0.5) is 9.52 Å². The highest BCUT2D eigenvalue weighted by Gasteiger charge is 2.12. The maximum absolute atomic E-state index is 13.0. The molecule has 0 saturated carbocycles. The van der Waals surface area contributed by atoms with E-state index in [1.54, 1.807) is 6.20 Å². The molecule has 0 aliphatic carbocycles. The van der Waals surface area contributed by atoms with Crippen molar-refractivity contribution in [1.29, 1.82) is 5.26 Å². The molecule has 0 fully saturated rings. The fourth-order valence-electron chi connectivity index (χ4n) is 2.39. The zero-order chi connectivity index (χ0) is 19.2. The summed E-state index contributed by atoms with van der Waals surface area (Å²) in [6.45, 7) is 2.04. The third kappa shape index (κ3) is 5.09. The van der Waals surface area contributed by atoms with Gasteiger partial charge in [-0.1, -0.05) is 42.0 Å². The number of amides is 1. The van der Waals surface area contributed by atoms with Gasteiger partial charge in [0.05, 0.1) is 0 Å². The fourth-order valence-corrected chi connectivity index (χ4v) is 3.23. The van der Waals surface area contributed by atoms with Gasteiger partial charge in [0.25, 0.3) is 5.91 Å². The average molecular weight is 377 g/mol. The Labute approximate surface area is 160 Å². The molecule has 6 heteroatoms. The molecule has 1 amide bonds. The summed E-state index contributed by atoms with van der Waals surface area (Å²) in [4.78, 5) is 17.5. The first-order valence-electron chi connectivity index (χ1n) is 8.22. The lowest BCUT2D eigenvalue weighted by atomic mass is 10.1. The number of aromatic nitrogens is 1. The number of carbonyl (C=O) groups excluding carboxylic acids is 1. The predicted molar refractivity (Wildman–Crippen MR) is 105 cm³/mol. The molecule has 1 N–H and O–H groups in total. The van der Waals surface area contributed by atoms with Gasteiger partial charge in [-0.3, -0.25) is 10.1 Å². The van der Waals surface area contributed by atoms with E-state index in [2.05, 4.69) is 34.6 Å². The zero-order valence-corrected chi connectivity index (χ0v) is 15.4. The van der Waals surface area contributed by atoms with E-state index in [1.165, 1.54) is 47.2 Å². The Morgan fingerprint density at radius 3 is 2.59 bits per heavy atom. The van der Waals surface area contributed by atoms with Gasteiger partial charge in [-0.2, -0.15) is 5.26 Å². The van der Waals surface area contributed by atoms with Crippen LogP contribution in [0, 0.1) is 24.1 Å². The molecular weight excluding hydrogens is 361 g/mol. The third-order valence-electron chi connectivity index (χ3n) is 3.82.